The maximum Gasteiger partial charge on any atom is 0.156 e. The van der Waals surface area contributed by atoms with E-state index in [1.54, 1.807) is 11.8 Å². The summed E-state index contributed by atoms with van der Waals surface area (Å²) in [6, 6.07) is 11.8. The van der Waals surface area contributed by atoms with E-state index in [1.165, 1.54) is 0 Å². The van der Waals surface area contributed by atoms with Crippen molar-refractivity contribution in [2.75, 3.05) is 59.1 Å². The molecule has 3 rings (SSSR count). The molecule has 0 unspecified atom stereocenters. The molecule has 1 N–H and O–H groups in total. The lowest BCUT2D eigenvalue weighted by atomic mass is 10.3. The Morgan fingerprint density at radius 3 is 2.19 bits per heavy atom. The van der Waals surface area contributed by atoms with Crippen molar-refractivity contribution in [3.05, 3.63) is 46.4 Å². The van der Waals surface area contributed by atoms with Gasteiger partial charge >= 0.3 is 0 Å². The number of aliphatic hydroxyl groups is 1. The first-order valence-corrected chi connectivity index (χ1v) is 12.6. The Morgan fingerprint density at radius 1 is 0.938 bits per heavy atom. The van der Waals surface area contributed by atoms with E-state index in [0.717, 1.165) is 68.3 Å². The quantitative estimate of drug-likeness (QED) is 0.295. The third kappa shape index (κ3) is 9.56. The summed E-state index contributed by atoms with van der Waals surface area (Å²) in [4.78, 5) is 4.45. The Hall–Kier alpha value is -0.860. The molecule has 0 bridgehead atoms. The molecule has 1 aliphatic rings. The van der Waals surface area contributed by atoms with Gasteiger partial charge in [0.15, 0.2) is 5.75 Å². The Labute approximate surface area is 209 Å². The van der Waals surface area contributed by atoms with Crippen LogP contribution in [0.2, 0.25) is 10.0 Å². The predicted molar refractivity (Wildman–Crippen MR) is 133 cm³/mol. The Kier molecular flexibility index (Phi) is 13.6. The number of rotatable bonds is 11. The van der Waals surface area contributed by atoms with Crippen molar-refractivity contribution in [1.82, 2.24) is 4.90 Å². The molecular formula is C23H30Cl3NO4S. The van der Waals surface area contributed by atoms with Crippen LogP contribution in [0.15, 0.2) is 46.2 Å². The molecule has 0 aliphatic carbocycles. The van der Waals surface area contributed by atoms with Gasteiger partial charge in [0, 0.05) is 42.4 Å². The van der Waals surface area contributed by atoms with Crippen molar-refractivity contribution in [3.63, 3.8) is 0 Å². The number of hydrogen-bond donors (Lipinski definition) is 1. The maximum absolute atomic E-state index is 7.00. The smallest absolute Gasteiger partial charge is 0.156 e. The number of hydrogen-bond acceptors (Lipinski definition) is 6. The standard InChI is InChI=1S/C22H26Cl3NO3S.CH4O/c23-7-1-11-29-22-20(24)15-19(16-21(22)25)30-18-5-3-17(4-6-18)28-12-2-8-26-9-13-27-14-10-26;1-2/h3-6,15-16H,1-2,7-14H2;2H,1H3. The zero-order valence-corrected chi connectivity index (χ0v) is 21.3. The summed E-state index contributed by atoms with van der Waals surface area (Å²) in [6.07, 6.45) is 1.75. The summed E-state index contributed by atoms with van der Waals surface area (Å²) in [5.74, 6) is 1.92. The lowest BCUT2D eigenvalue weighted by Crippen LogP contribution is -2.37. The second-order valence-corrected chi connectivity index (χ2v) is 9.18. The zero-order valence-electron chi connectivity index (χ0n) is 18.2. The van der Waals surface area contributed by atoms with Crippen molar-refractivity contribution in [2.45, 2.75) is 22.6 Å². The molecule has 1 aliphatic heterocycles. The number of alkyl halides is 1. The van der Waals surface area contributed by atoms with E-state index < -0.39 is 0 Å². The van der Waals surface area contributed by atoms with Crippen molar-refractivity contribution < 1.29 is 19.3 Å². The number of halogens is 3. The lowest BCUT2D eigenvalue weighted by molar-refractivity contribution is 0.0358. The molecule has 0 atom stereocenters. The molecule has 5 nitrogen and oxygen atoms in total. The molecule has 1 heterocycles. The first-order chi connectivity index (χ1) is 15.7. The average Bonchev–Trinajstić information content (AvgIpc) is 2.82. The molecule has 0 amide bonds. The summed E-state index contributed by atoms with van der Waals surface area (Å²) in [7, 11) is 1.00. The topological polar surface area (TPSA) is 51.2 Å². The Morgan fingerprint density at radius 2 is 1.56 bits per heavy atom. The molecule has 1 saturated heterocycles. The third-order valence-electron chi connectivity index (χ3n) is 4.55. The summed E-state index contributed by atoms with van der Waals surface area (Å²) in [5.41, 5.74) is 0. The fourth-order valence-corrected chi connectivity index (χ4v) is 4.74. The van der Waals surface area contributed by atoms with Gasteiger partial charge in [-0.15, -0.1) is 11.6 Å². The average molecular weight is 523 g/mol. The van der Waals surface area contributed by atoms with Gasteiger partial charge in [0.2, 0.25) is 0 Å². The molecule has 0 radical (unpaired) electrons. The van der Waals surface area contributed by atoms with Gasteiger partial charge in [-0.25, -0.2) is 0 Å². The minimum Gasteiger partial charge on any atom is -0.494 e. The second kappa shape index (κ2) is 15.9. The van der Waals surface area contributed by atoms with Gasteiger partial charge in [-0.2, -0.15) is 0 Å². The largest absolute Gasteiger partial charge is 0.494 e. The molecule has 32 heavy (non-hydrogen) atoms. The normalized spacial score (nSPS) is 13.9. The van der Waals surface area contributed by atoms with Crippen LogP contribution < -0.4 is 9.47 Å². The highest BCUT2D eigenvalue weighted by Crippen LogP contribution is 2.39. The highest BCUT2D eigenvalue weighted by Gasteiger charge is 2.11. The van der Waals surface area contributed by atoms with Crippen LogP contribution in [0.1, 0.15) is 12.8 Å². The van der Waals surface area contributed by atoms with Crippen molar-refractivity contribution in [1.29, 1.82) is 0 Å². The van der Waals surface area contributed by atoms with Crippen LogP contribution >= 0.6 is 46.6 Å². The van der Waals surface area contributed by atoms with Crippen LogP contribution in [0.3, 0.4) is 0 Å². The van der Waals surface area contributed by atoms with Crippen LogP contribution in [-0.4, -0.2) is 69.1 Å². The monoisotopic (exact) mass is 521 g/mol. The van der Waals surface area contributed by atoms with Gasteiger partial charge < -0.3 is 19.3 Å². The van der Waals surface area contributed by atoms with Gasteiger partial charge in [0.05, 0.1) is 36.5 Å². The maximum atomic E-state index is 7.00. The fourth-order valence-electron chi connectivity index (χ4n) is 3.01. The molecule has 9 heteroatoms. The van der Waals surface area contributed by atoms with E-state index in [0.29, 0.717) is 34.9 Å². The number of benzene rings is 2. The van der Waals surface area contributed by atoms with Crippen LogP contribution in [-0.2, 0) is 4.74 Å². The van der Waals surface area contributed by atoms with E-state index >= 15 is 0 Å². The van der Waals surface area contributed by atoms with Crippen LogP contribution in [0.4, 0.5) is 0 Å². The summed E-state index contributed by atoms with van der Waals surface area (Å²) >= 11 is 20.0. The minimum atomic E-state index is 0.489. The van der Waals surface area contributed by atoms with E-state index in [-0.39, 0.29) is 0 Å². The fraction of sp³-hybridized carbons (Fsp3) is 0.478. The van der Waals surface area contributed by atoms with Crippen molar-refractivity contribution in [3.8, 4) is 11.5 Å². The number of nitrogens with zero attached hydrogens (tertiary/aromatic N) is 1. The molecule has 0 spiro atoms. The van der Waals surface area contributed by atoms with E-state index in [1.807, 2.05) is 36.4 Å². The van der Waals surface area contributed by atoms with Gasteiger partial charge in [-0.3, -0.25) is 4.90 Å². The Balaban J connectivity index is 0.00000176. The molecule has 0 saturated carbocycles. The van der Waals surface area contributed by atoms with Gasteiger partial charge in [0.25, 0.3) is 0 Å². The Bertz CT molecular complexity index is 766. The van der Waals surface area contributed by atoms with Gasteiger partial charge in [-0.05, 0) is 49.2 Å². The number of ether oxygens (including phenoxy) is 3. The van der Waals surface area contributed by atoms with Gasteiger partial charge in [0.1, 0.15) is 5.75 Å². The first-order valence-electron chi connectivity index (χ1n) is 10.5. The van der Waals surface area contributed by atoms with Crippen LogP contribution in [0, 0.1) is 0 Å². The van der Waals surface area contributed by atoms with Crippen LogP contribution in [0.25, 0.3) is 0 Å². The molecule has 178 valence electrons. The number of aliphatic hydroxyl groups excluding tert-OH is 1. The van der Waals surface area contributed by atoms with E-state index in [2.05, 4.69) is 4.90 Å². The predicted octanol–water partition coefficient (Wildman–Crippen LogP) is 5.86. The highest BCUT2D eigenvalue weighted by atomic mass is 35.5. The third-order valence-corrected chi connectivity index (χ3v) is 6.35. The highest BCUT2D eigenvalue weighted by molar-refractivity contribution is 7.99. The van der Waals surface area contributed by atoms with Gasteiger partial charge in [-0.1, -0.05) is 35.0 Å². The molecular weight excluding hydrogens is 493 g/mol. The lowest BCUT2D eigenvalue weighted by Gasteiger charge is -2.26. The second-order valence-electron chi connectivity index (χ2n) is 6.84. The van der Waals surface area contributed by atoms with Crippen molar-refractivity contribution in [2.24, 2.45) is 0 Å². The minimum absolute atomic E-state index is 0.489. The summed E-state index contributed by atoms with van der Waals surface area (Å²) < 4.78 is 16.9. The number of morpholine rings is 1. The molecule has 0 aromatic heterocycles. The summed E-state index contributed by atoms with van der Waals surface area (Å²) in [6.45, 7) is 5.94. The first kappa shape index (κ1) is 27.4. The van der Waals surface area contributed by atoms with Crippen molar-refractivity contribution >= 4 is 46.6 Å². The SMILES string of the molecule is CO.ClCCCOc1c(Cl)cc(Sc2ccc(OCCCN3CCOCC3)cc2)cc1Cl. The molecule has 1 fully saturated rings. The van der Waals surface area contributed by atoms with E-state index in [9.17, 15) is 0 Å². The van der Waals surface area contributed by atoms with E-state index in [4.69, 9.17) is 54.1 Å². The summed E-state index contributed by atoms with van der Waals surface area (Å²) in [5, 5.41) is 8.00. The molecule has 2 aromatic rings. The van der Waals surface area contributed by atoms with Crippen LogP contribution in [0.5, 0.6) is 11.5 Å². The molecule has 2 aromatic carbocycles. The zero-order chi connectivity index (χ0) is 23.2.